The Morgan fingerprint density at radius 1 is 1.75 bits per heavy atom. The van der Waals surface area contributed by atoms with Crippen LogP contribution in [-0.2, 0) is 9.59 Å². The quantitative estimate of drug-likeness (QED) is 0.490. The molecule has 1 aliphatic rings. The number of nitrogens with two attached hydrogens (primary N) is 1. The van der Waals surface area contributed by atoms with E-state index in [1.807, 2.05) is 6.92 Å². The van der Waals surface area contributed by atoms with E-state index in [0.717, 1.165) is 0 Å². The Balaban J connectivity index is 2.56. The van der Waals surface area contributed by atoms with Crippen molar-refractivity contribution in [3.05, 3.63) is 0 Å². The molecule has 0 bridgehead atoms. The van der Waals surface area contributed by atoms with Crippen LogP contribution in [0.2, 0.25) is 0 Å². The highest BCUT2D eigenvalue weighted by Crippen LogP contribution is 2.20. The van der Waals surface area contributed by atoms with Crippen LogP contribution in [0.1, 0.15) is 19.8 Å². The smallest absolute Gasteiger partial charge is 0.240 e. The minimum absolute atomic E-state index is 0.0320. The highest BCUT2D eigenvalue weighted by molar-refractivity contribution is 5.87. The topological polar surface area (TPSA) is 95.7 Å². The number of rotatable bonds is 6. The third-order valence-electron chi connectivity index (χ3n) is 2.87. The first kappa shape index (κ1) is 12.9. The summed E-state index contributed by atoms with van der Waals surface area (Å²) in [6, 6.07) is -0.494. The number of amides is 2. The summed E-state index contributed by atoms with van der Waals surface area (Å²) in [4.78, 5) is 24.4. The summed E-state index contributed by atoms with van der Waals surface area (Å²) < 4.78 is 0. The number of nitrogens with zero attached hydrogens (tertiary/aromatic N) is 1. The van der Waals surface area contributed by atoms with Crippen molar-refractivity contribution in [3.8, 4) is 0 Å². The number of hydrogen-bond donors (Lipinski definition) is 3. The summed E-state index contributed by atoms with van der Waals surface area (Å²) in [5, 5.41) is 11.4. The fourth-order valence-corrected chi connectivity index (χ4v) is 2.09. The van der Waals surface area contributed by atoms with Crippen molar-refractivity contribution in [1.82, 2.24) is 10.2 Å². The molecule has 0 aromatic carbocycles. The number of hydrogen-bond acceptors (Lipinski definition) is 4. The standard InChI is InChI=1S/C10H19N3O3/c1-2-8(10(11)16)13-5-7(3-9(13)15)4-12-6-14/h7-8,12,14H,2-6H2,1H3,(H2,11,16)/t7?,8-/m1/s1. The lowest BCUT2D eigenvalue weighted by molar-refractivity contribution is -0.136. The Bertz CT molecular complexity index is 270. The van der Waals surface area contributed by atoms with E-state index in [-0.39, 0.29) is 18.6 Å². The van der Waals surface area contributed by atoms with E-state index in [1.165, 1.54) is 0 Å². The van der Waals surface area contributed by atoms with Gasteiger partial charge in [-0.2, -0.15) is 0 Å². The SMILES string of the molecule is CC[C@H](C(N)=O)N1CC(CNCO)CC1=O. The molecule has 16 heavy (non-hydrogen) atoms. The van der Waals surface area contributed by atoms with Crippen LogP contribution < -0.4 is 11.1 Å². The van der Waals surface area contributed by atoms with Gasteiger partial charge in [0.15, 0.2) is 0 Å². The molecule has 1 unspecified atom stereocenters. The lowest BCUT2D eigenvalue weighted by Gasteiger charge is -2.24. The molecule has 0 radical (unpaired) electrons. The van der Waals surface area contributed by atoms with Crippen LogP contribution in [0, 0.1) is 5.92 Å². The average Bonchev–Trinajstić information content (AvgIpc) is 2.58. The highest BCUT2D eigenvalue weighted by atomic mass is 16.3. The fourth-order valence-electron chi connectivity index (χ4n) is 2.09. The Kier molecular flexibility index (Phi) is 4.70. The van der Waals surface area contributed by atoms with E-state index in [0.29, 0.717) is 25.9 Å². The van der Waals surface area contributed by atoms with E-state index >= 15 is 0 Å². The summed E-state index contributed by atoms with van der Waals surface area (Å²) in [5.41, 5.74) is 5.25. The molecule has 0 aliphatic carbocycles. The second-order valence-corrected chi connectivity index (χ2v) is 4.05. The van der Waals surface area contributed by atoms with Crippen molar-refractivity contribution in [2.75, 3.05) is 19.8 Å². The van der Waals surface area contributed by atoms with Crippen LogP contribution in [0.15, 0.2) is 0 Å². The molecule has 1 heterocycles. The number of likely N-dealkylation sites (tertiary alicyclic amines) is 1. The zero-order valence-electron chi connectivity index (χ0n) is 9.48. The molecule has 0 saturated carbocycles. The fraction of sp³-hybridized carbons (Fsp3) is 0.800. The monoisotopic (exact) mass is 229 g/mol. The maximum Gasteiger partial charge on any atom is 0.240 e. The van der Waals surface area contributed by atoms with Gasteiger partial charge >= 0.3 is 0 Å². The van der Waals surface area contributed by atoms with Crippen LogP contribution >= 0.6 is 0 Å². The third-order valence-corrected chi connectivity index (χ3v) is 2.87. The maximum atomic E-state index is 11.7. The van der Waals surface area contributed by atoms with Gasteiger partial charge in [0.25, 0.3) is 0 Å². The van der Waals surface area contributed by atoms with Crippen molar-refractivity contribution in [2.45, 2.75) is 25.8 Å². The van der Waals surface area contributed by atoms with E-state index in [4.69, 9.17) is 10.8 Å². The van der Waals surface area contributed by atoms with Gasteiger partial charge in [-0.05, 0) is 12.3 Å². The average molecular weight is 229 g/mol. The van der Waals surface area contributed by atoms with Gasteiger partial charge in [-0.3, -0.25) is 14.9 Å². The molecule has 0 aromatic heterocycles. The van der Waals surface area contributed by atoms with E-state index < -0.39 is 11.9 Å². The molecule has 6 nitrogen and oxygen atoms in total. The van der Waals surface area contributed by atoms with Gasteiger partial charge in [-0.15, -0.1) is 0 Å². The predicted molar refractivity (Wildman–Crippen MR) is 58.2 cm³/mol. The second-order valence-electron chi connectivity index (χ2n) is 4.05. The van der Waals surface area contributed by atoms with Crippen molar-refractivity contribution >= 4 is 11.8 Å². The van der Waals surface area contributed by atoms with Gasteiger partial charge in [0.2, 0.25) is 11.8 Å². The second kappa shape index (κ2) is 5.81. The number of aliphatic hydroxyl groups excluding tert-OH is 1. The summed E-state index contributed by atoms with van der Waals surface area (Å²) >= 11 is 0. The molecule has 0 spiro atoms. The van der Waals surface area contributed by atoms with Gasteiger partial charge in [0.1, 0.15) is 6.04 Å². The van der Waals surface area contributed by atoms with Crippen LogP contribution in [0.3, 0.4) is 0 Å². The van der Waals surface area contributed by atoms with E-state index in [2.05, 4.69) is 5.32 Å². The Labute approximate surface area is 94.8 Å². The zero-order valence-corrected chi connectivity index (χ0v) is 9.48. The summed E-state index contributed by atoms with van der Waals surface area (Å²) in [7, 11) is 0. The molecule has 0 aromatic rings. The largest absolute Gasteiger partial charge is 0.381 e. The molecule has 2 atom stereocenters. The summed E-state index contributed by atoms with van der Waals surface area (Å²) in [6.07, 6.45) is 0.956. The van der Waals surface area contributed by atoms with Gasteiger partial charge in [-0.1, -0.05) is 6.92 Å². The van der Waals surface area contributed by atoms with Gasteiger partial charge in [-0.25, -0.2) is 0 Å². The van der Waals surface area contributed by atoms with Crippen LogP contribution in [-0.4, -0.2) is 47.7 Å². The third kappa shape index (κ3) is 2.93. The molecule has 4 N–H and O–H groups in total. The Morgan fingerprint density at radius 3 is 2.94 bits per heavy atom. The highest BCUT2D eigenvalue weighted by Gasteiger charge is 2.35. The van der Waals surface area contributed by atoms with Crippen molar-refractivity contribution in [1.29, 1.82) is 0 Å². The molecular weight excluding hydrogens is 210 g/mol. The Hall–Kier alpha value is -1.14. The first-order valence-corrected chi connectivity index (χ1v) is 5.50. The number of primary amides is 1. The molecule has 1 saturated heterocycles. The van der Waals surface area contributed by atoms with Gasteiger partial charge < -0.3 is 15.7 Å². The lowest BCUT2D eigenvalue weighted by atomic mass is 10.1. The first-order valence-electron chi connectivity index (χ1n) is 5.50. The van der Waals surface area contributed by atoms with Crippen LogP contribution in [0.25, 0.3) is 0 Å². The van der Waals surface area contributed by atoms with Gasteiger partial charge in [0.05, 0.1) is 6.73 Å². The number of aliphatic hydroxyl groups is 1. The lowest BCUT2D eigenvalue weighted by Crippen LogP contribution is -2.45. The van der Waals surface area contributed by atoms with Crippen molar-refractivity contribution in [3.63, 3.8) is 0 Å². The van der Waals surface area contributed by atoms with Crippen LogP contribution in [0.5, 0.6) is 0 Å². The Morgan fingerprint density at radius 2 is 2.44 bits per heavy atom. The predicted octanol–water partition coefficient (Wildman–Crippen LogP) is -1.36. The van der Waals surface area contributed by atoms with Crippen LogP contribution in [0.4, 0.5) is 0 Å². The number of carbonyl (C=O) groups excluding carboxylic acids is 2. The molecule has 1 aliphatic heterocycles. The molecule has 1 rings (SSSR count). The number of nitrogens with one attached hydrogen (secondary N) is 1. The molecule has 1 fully saturated rings. The maximum absolute atomic E-state index is 11.7. The van der Waals surface area contributed by atoms with Crippen molar-refractivity contribution in [2.24, 2.45) is 11.7 Å². The zero-order chi connectivity index (χ0) is 12.1. The molecular formula is C10H19N3O3. The van der Waals surface area contributed by atoms with E-state index in [9.17, 15) is 9.59 Å². The van der Waals surface area contributed by atoms with E-state index in [1.54, 1.807) is 4.90 Å². The normalized spacial score (nSPS) is 22.5. The molecule has 92 valence electrons. The first-order chi connectivity index (χ1) is 7.60. The summed E-state index contributed by atoms with van der Waals surface area (Å²) in [6.45, 7) is 2.85. The number of carbonyl (C=O) groups is 2. The summed E-state index contributed by atoms with van der Waals surface area (Å²) in [5.74, 6) is -0.338. The molecule has 2 amide bonds. The minimum atomic E-state index is -0.494. The molecule has 6 heteroatoms. The van der Waals surface area contributed by atoms with Crippen molar-refractivity contribution < 1.29 is 14.7 Å². The minimum Gasteiger partial charge on any atom is -0.381 e. The van der Waals surface area contributed by atoms with Gasteiger partial charge in [0, 0.05) is 19.5 Å².